The molecular weight excluding hydrogens is 202 g/mol. The predicted molar refractivity (Wildman–Crippen MR) is 54.2 cm³/mol. The van der Waals surface area contributed by atoms with Gasteiger partial charge in [-0.25, -0.2) is 0 Å². The van der Waals surface area contributed by atoms with Crippen molar-refractivity contribution in [3.63, 3.8) is 0 Å². The van der Waals surface area contributed by atoms with E-state index in [1.807, 2.05) is 6.07 Å². The highest BCUT2D eigenvalue weighted by molar-refractivity contribution is 6.28. The van der Waals surface area contributed by atoms with Crippen LogP contribution in [0.2, 0.25) is 5.22 Å². The molecule has 1 aliphatic carbocycles. The number of hydrogen-bond donors (Lipinski definition) is 2. The smallest absolute Gasteiger partial charge is 0.193 e. The van der Waals surface area contributed by atoms with Crippen LogP contribution in [0.5, 0.6) is 0 Å². The van der Waals surface area contributed by atoms with Gasteiger partial charge in [-0.15, -0.1) is 0 Å². The van der Waals surface area contributed by atoms with E-state index in [4.69, 9.17) is 16.0 Å². The van der Waals surface area contributed by atoms with E-state index in [9.17, 15) is 5.11 Å². The molecule has 2 N–H and O–H groups in total. The molecule has 0 aromatic carbocycles. The van der Waals surface area contributed by atoms with Crippen molar-refractivity contribution in [2.75, 3.05) is 6.61 Å². The van der Waals surface area contributed by atoms with Crippen LogP contribution in [-0.4, -0.2) is 17.3 Å². The van der Waals surface area contributed by atoms with Crippen LogP contribution in [0.25, 0.3) is 0 Å². The maximum Gasteiger partial charge on any atom is 0.193 e. The number of hydrogen-bond acceptors (Lipinski definition) is 3. The highest BCUT2D eigenvalue weighted by Crippen LogP contribution is 2.31. The molecule has 14 heavy (non-hydrogen) atoms. The van der Waals surface area contributed by atoms with E-state index in [2.05, 4.69) is 5.32 Å². The van der Waals surface area contributed by atoms with Crippen molar-refractivity contribution in [2.45, 2.75) is 31.3 Å². The van der Waals surface area contributed by atoms with Crippen molar-refractivity contribution in [2.24, 2.45) is 0 Å². The molecule has 0 radical (unpaired) electrons. The molecule has 3 nitrogen and oxygen atoms in total. The molecule has 0 spiro atoms. The third-order valence-electron chi connectivity index (χ3n) is 2.88. The van der Waals surface area contributed by atoms with Gasteiger partial charge in [-0.3, -0.25) is 0 Å². The fourth-order valence-corrected chi connectivity index (χ4v) is 1.88. The van der Waals surface area contributed by atoms with E-state index in [1.54, 1.807) is 6.07 Å². The number of aliphatic hydroxyl groups is 1. The minimum atomic E-state index is -0.0702. The molecule has 0 aliphatic heterocycles. The van der Waals surface area contributed by atoms with Crippen LogP contribution in [0.15, 0.2) is 16.5 Å². The number of rotatable bonds is 4. The quantitative estimate of drug-likeness (QED) is 0.807. The van der Waals surface area contributed by atoms with Crippen LogP contribution < -0.4 is 5.32 Å². The molecule has 1 aliphatic rings. The van der Waals surface area contributed by atoms with Gasteiger partial charge < -0.3 is 14.8 Å². The standard InChI is InChI=1S/C10H14ClNO2/c11-9-3-2-8(14-9)6-12-10(7-13)4-1-5-10/h2-3,12-13H,1,4-7H2. The first kappa shape index (κ1) is 10.0. The molecule has 2 rings (SSSR count). The minimum absolute atomic E-state index is 0.0702. The van der Waals surface area contributed by atoms with Crippen molar-refractivity contribution < 1.29 is 9.52 Å². The molecule has 78 valence electrons. The van der Waals surface area contributed by atoms with Gasteiger partial charge in [0.25, 0.3) is 0 Å². The summed E-state index contributed by atoms with van der Waals surface area (Å²) in [5.74, 6) is 0.815. The Balaban J connectivity index is 1.87. The second-order valence-corrected chi connectivity index (χ2v) is 4.22. The lowest BCUT2D eigenvalue weighted by atomic mass is 9.77. The second-order valence-electron chi connectivity index (χ2n) is 3.85. The Kier molecular flexibility index (Phi) is 2.81. The van der Waals surface area contributed by atoms with E-state index >= 15 is 0 Å². The second kappa shape index (κ2) is 3.93. The fourth-order valence-electron chi connectivity index (χ4n) is 1.72. The number of aliphatic hydroxyl groups excluding tert-OH is 1. The lowest BCUT2D eigenvalue weighted by Crippen LogP contribution is -2.53. The summed E-state index contributed by atoms with van der Waals surface area (Å²) in [5, 5.41) is 12.9. The van der Waals surface area contributed by atoms with Crippen LogP contribution >= 0.6 is 11.6 Å². The zero-order valence-electron chi connectivity index (χ0n) is 7.92. The zero-order chi connectivity index (χ0) is 10.0. The lowest BCUT2D eigenvalue weighted by molar-refractivity contribution is 0.0853. The molecule has 0 amide bonds. The third kappa shape index (κ3) is 1.95. The van der Waals surface area contributed by atoms with Gasteiger partial charge in [0.15, 0.2) is 5.22 Å². The Morgan fingerprint density at radius 3 is 2.71 bits per heavy atom. The molecule has 0 atom stereocenters. The van der Waals surface area contributed by atoms with Crippen molar-refractivity contribution in [3.05, 3.63) is 23.1 Å². The molecule has 1 saturated carbocycles. The summed E-state index contributed by atoms with van der Waals surface area (Å²) < 4.78 is 5.21. The first-order valence-corrected chi connectivity index (χ1v) is 5.22. The lowest BCUT2D eigenvalue weighted by Gasteiger charge is -2.41. The summed E-state index contributed by atoms with van der Waals surface area (Å²) in [6, 6.07) is 3.57. The van der Waals surface area contributed by atoms with Crippen LogP contribution in [0, 0.1) is 0 Å². The Morgan fingerprint density at radius 1 is 1.50 bits per heavy atom. The summed E-state index contributed by atoms with van der Waals surface area (Å²) in [4.78, 5) is 0. The Hall–Kier alpha value is -0.510. The van der Waals surface area contributed by atoms with Gasteiger partial charge in [0, 0.05) is 5.54 Å². The molecule has 1 heterocycles. The highest BCUT2D eigenvalue weighted by atomic mass is 35.5. The summed E-state index contributed by atoms with van der Waals surface area (Å²) in [6.45, 7) is 0.828. The Bertz CT molecular complexity index is 301. The molecule has 0 unspecified atom stereocenters. The van der Waals surface area contributed by atoms with E-state index < -0.39 is 0 Å². The van der Waals surface area contributed by atoms with Crippen LogP contribution in [-0.2, 0) is 6.54 Å². The van der Waals surface area contributed by atoms with Crippen molar-refractivity contribution in [1.82, 2.24) is 5.32 Å². The van der Waals surface area contributed by atoms with Crippen LogP contribution in [0.1, 0.15) is 25.0 Å². The number of nitrogens with one attached hydrogen (secondary N) is 1. The summed E-state index contributed by atoms with van der Waals surface area (Å²) in [7, 11) is 0. The topological polar surface area (TPSA) is 45.4 Å². The van der Waals surface area contributed by atoms with Crippen molar-refractivity contribution in [1.29, 1.82) is 0 Å². The van der Waals surface area contributed by atoms with Gasteiger partial charge in [-0.1, -0.05) is 0 Å². The Labute approximate surface area is 88.1 Å². The van der Waals surface area contributed by atoms with Crippen LogP contribution in [0.4, 0.5) is 0 Å². The normalized spacial score (nSPS) is 19.3. The number of halogens is 1. The van der Waals surface area contributed by atoms with Gasteiger partial charge in [-0.2, -0.15) is 0 Å². The molecule has 4 heteroatoms. The monoisotopic (exact) mass is 215 g/mol. The molecule has 1 fully saturated rings. The molecule has 1 aromatic heterocycles. The van der Waals surface area contributed by atoms with E-state index in [0.29, 0.717) is 11.8 Å². The van der Waals surface area contributed by atoms with E-state index in [1.165, 1.54) is 6.42 Å². The molecule has 0 bridgehead atoms. The maximum atomic E-state index is 9.20. The zero-order valence-corrected chi connectivity index (χ0v) is 8.68. The number of furan rings is 1. The fraction of sp³-hybridized carbons (Fsp3) is 0.600. The summed E-state index contributed by atoms with van der Waals surface area (Å²) >= 11 is 5.65. The van der Waals surface area contributed by atoms with E-state index in [-0.39, 0.29) is 12.1 Å². The SMILES string of the molecule is OCC1(NCc2ccc(Cl)o2)CCC1. The van der Waals surface area contributed by atoms with Crippen molar-refractivity contribution >= 4 is 11.6 Å². The molecule has 1 aromatic rings. The van der Waals surface area contributed by atoms with E-state index in [0.717, 1.165) is 18.6 Å². The largest absolute Gasteiger partial charge is 0.448 e. The van der Waals surface area contributed by atoms with Crippen LogP contribution in [0.3, 0.4) is 0 Å². The molecule has 0 saturated heterocycles. The maximum absolute atomic E-state index is 9.20. The van der Waals surface area contributed by atoms with Gasteiger partial charge >= 0.3 is 0 Å². The average Bonchev–Trinajstić information content (AvgIpc) is 2.50. The summed E-state index contributed by atoms with van der Waals surface area (Å²) in [5.41, 5.74) is -0.0702. The highest BCUT2D eigenvalue weighted by Gasteiger charge is 2.35. The van der Waals surface area contributed by atoms with Gasteiger partial charge in [0.05, 0.1) is 13.2 Å². The van der Waals surface area contributed by atoms with Gasteiger partial charge in [0.2, 0.25) is 0 Å². The van der Waals surface area contributed by atoms with Crippen molar-refractivity contribution in [3.8, 4) is 0 Å². The van der Waals surface area contributed by atoms with Gasteiger partial charge in [-0.05, 0) is 43.0 Å². The first-order valence-electron chi connectivity index (χ1n) is 4.84. The minimum Gasteiger partial charge on any atom is -0.448 e. The summed E-state index contributed by atoms with van der Waals surface area (Å²) in [6.07, 6.45) is 3.27. The predicted octanol–water partition coefficient (Wildman–Crippen LogP) is 1.94. The third-order valence-corrected chi connectivity index (χ3v) is 3.08. The van der Waals surface area contributed by atoms with Gasteiger partial charge in [0.1, 0.15) is 5.76 Å². The molecular formula is C10H14ClNO2. The average molecular weight is 216 g/mol. The Morgan fingerprint density at radius 2 is 2.29 bits per heavy atom. The first-order chi connectivity index (χ1) is 6.74.